The van der Waals surface area contributed by atoms with Crippen LogP contribution < -0.4 is 5.43 Å². The van der Waals surface area contributed by atoms with E-state index < -0.39 is 11.6 Å². The van der Waals surface area contributed by atoms with Crippen molar-refractivity contribution in [3.05, 3.63) is 112 Å². The Morgan fingerprint density at radius 2 is 1.63 bits per heavy atom. The molecule has 30 heavy (non-hydrogen) atoms. The highest BCUT2D eigenvalue weighted by atomic mass is 35.5. The fraction of sp³-hybridized carbons (Fsp3) is 0.0833. The molecule has 0 aliphatic carbocycles. The van der Waals surface area contributed by atoms with Crippen LogP contribution in [0.3, 0.4) is 0 Å². The Morgan fingerprint density at radius 3 is 2.30 bits per heavy atom. The summed E-state index contributed by atoms with van der Waals surface area (Å²) in [7, 11) is 0. The Balaban J connectivity index is 1.69. The van der Waals surface area contributed by atoms with E-state index >= 15 is 0 Å². The van der Waals surface area contributed by atoms with E-state index in [0.717, 1.165) is 28.5 Å². The van der Waals surface area contributed by atoms with Gasteiger partial charge in [0.25, 0.3) is 0 Å². The largest absolute Gasteiger partial charge is 0.297 e. The smallest absolute Gasteiger partial charge is 0.131 e. The third-order valence-corrected chi connectivity index (χ3v) is 5.83. The van der Waals surface area contributed by atoms with Gasteiger partial charge in [0, 0.05) is 38.9 Å². The van der Waals surface area contributed by atoms with Crippen LogP contribution in [-0.4, -0.2) is 11.3 Å². The van der Waals surface area contributed by atoms with Crippen molar-refractivity contribution < 1.29 is 8.78 Å². The summed E-state index contributed by atoms with van der Waals surface area (Å²) in [6.07, 6.45) is 5.87. The van der Waals surface area contributed by atoms with Crippen LogP contribution in [0.1, 0.15) is 16.7 Å². The van der Waals surface area contributed by atoms with Gasteiger partial charge in [-0.1, -0.05) is 41.9 Å². The van der Waals surface area contributed by atoms with E-state index in [1.807, 2.05) is 42.8 Å². The number of nitrogens with one attached hydrogen (secondary N) is 1. The van der Waals surface area contributed by atoms with Gasteiger partial charge in [0.2, 0.25) is 0 Å². The monoisotopic (exact) mass is 440 g/mol. The van der Waals surface area contributed by atoms with Crippen molar-refractivity contribution in [3.63, 3.8) is 0 Å². The molecule has 0 atom stereocenters. The van der Waals surface area contributed by atoms with Crippen LogP contribution in [0.25, 0.3) is 11.3 Å². The van der Waals surface area contributed by atoms with E-state index in [2.05, 4.69) is 29.7 Å². The number of hydrogen-bond acceptors (Lipinski definition) is 3. The minimum Gasteiger partial charge on any atom is -0.297 e. The topological polar surface area (TPSA) is 15.3 Å². The van der Waals surface area contributed by atoms with Crippen LogP contribution in [0, 0.1) is 11.6 Å². The highest BCUT2D eigenvalue weighted by molar-refractivity contribution is 7.98. The second-order valence-electron chi connectivity index (χ2n) is 6.82. The predicted octanol–water partition coefficient (Wildman–Crippen LogP) is 6.74. The van der Waals surface area contributed by atoms with Gasteiger partial charge in [0.05, 0.1) is 12.2 Å². The Kier molecular flexibility index (Phi) is 6.11. The summed E-state index contributed by atoms with van der Waals surface area (Å²) in [5.41, 5.74) is 7.71. The van der Waals surface area contributed by atoms with Crippen molar-refractivity contribution in [2.24, 2.45) is 0 Å². The van der Waals surface area contributed by atoms with Crippen LogP contribution in [0.15, 0.2) is 83.9 Å². The fourth-order valence-electron chi connectivity index (χ4n) is 3.26. The van der Waals surface area contributed by atoms with Gasteiger partial charge in [-0.05, 0) is 48.2 Å². The van der Waals surface area contributed by atoms with E-state index in [1.165, 1.54) is 17.0 Å². The predicted molar refractivity (Wildman–Crippen MR) is 121 cm³/mol. The van der Waals surface area contributed by atoms with Crippen molar-refractivity contribution in [1.82, 2.24) is 10.4 Å². The van der Waals surface area contributed by atoms with Crippen molar-refractivity contribution in [3.8, 4) is 0 Å². The zero-order valence-electron chi connectivity index (χ0n) is 16.2. The van der Waals surface area contributed by atoms with E-state index in [9.17, 15) is 8.78 Å². The molecule has 1 N–H and O–H groups in total. The average molecular weight is 441 g/mol. The lowest BCUT2D eigenvalue weighted by Gasteiger charge is -2.30. The van der Waals surface area contributed by atoms with Gasteiger partial charge in [0.15, 0.2) is 0 Å². The van der Waals surface area contributed by atoms with Crippen molar-refractivity contribution >= 4 is 34.6 Å². The maximum absolute atomic E-state index is 14.1. The van der Waals surface area contributed by atoms with Crippen molar-refractivity contribution in [2.75, 3.05) is 6.26 Å². The lowest BCUT2D eigenvalue weighted by molar-refractivity contribution is 0.309. The standard InChI is InChI=1S/C24H19ClF2N2S/c1-30-21-10-5-17(6-11-21)24-22(16-2-7-19(25)8-3-16)12-13-29(28-24)15-18-4-9-20(26)14-23(18)27/h2-14,28H,15H2,1H3. The molecular formula is C24H19ClF2N2S. The molecule has 0 bridgehead atoms. The first-order valence-corrected chi connectivity index (χ1v) is 10.9. The minimum absolute atomic E-state index is 0.253. The summed E-state index contributed by atoms with van der Waals surface area (Å²) >= 11 is 7.73. The first kappa shape index (κ1) is 20.5. The second kappa shape index (κ2) is 8.94. The average Bonchev–Trinajstić information content (AvgIpc) is 2.76. The molecule has 2 nitrogen and oxygen atoms in total. The number of benzene rings is 3. The van der Waals surface area contributed by atoms with Gasteiger partial charge in [-0.2, -0.15) is 0 Å². The molecule has 152 valence electrons. The van der Waals surface area contributed by atoms with Gasteiger partial charge >= 0.3 is 0 Å². The molecule has 0 spiro atoms. The molecular weight excluding hydrogens is 422 g/mol. The molecule has 6 heteroatoms. The summed E-state index contributed by atoms with van der Waals surface area (Å²) in [5.74, 6) is -1.15. The molecule has 0 fully saturated rings. The van der Waals surface area contributed by atoms with Crippen molar-refractivity contribution in [1.29, 1.82) is 0 Å². The molecule has 0 unspecified atom stereocenters. The summed E-state index contributed by atoms with van der Waals surface area (Å²) < 4.78 is 27.4. The van der Waals surface area contributed by atoms with Gasteiger partial charge in [-0.3, -0.25) is 10.4 Å². The van der Waals surface area contributed by atoms with E-state index in [4.69, 9.17) is 11.6 Å². The van der Waals surface area contributed by atoms with Crippen LogP contribution in [-0.2, 0) is 6.54 Å². The Labute approximate surface area is 183 Å². The number of rotatable bonds is 5. The molecule has 3 aromatic rings. The third-order valence-electron chi connectivity index (χ3n) is 4.84. The zero-order chi connectivity index (χ0) is 21.1. The summed E-state index contributed by atoms with van der Waals surface area (Å²) in [6.45, 7) is 0.253. The number of nitrogens with zero attached hydrogens (tertiary/aromatic N) is 1. The van der Waals surface area contributed by atoms with Gasteiger partial charge in [-0.25, -0.2) is 8.78 Å². The van der Waals surface area contributed by atoms with Crippen LogP contribution in [0.2, 0.25) is 5.02 Å². The summed E-state index contributed by atoms with van der Waals surface area (Å²) in [4.78, 5) is 1.17. The molecule has 1 heterocycles. The third kappa shape index (κ3) is 4.53. The van der Waals surface area contributed by atoms with Crippen LogP contribution in [0.4, 0.5) is 8.78 Å². The lowest BCUT2D eigenvalue weighted by atomic mass is 9.98. The van der Waals surface area contributed by atoms with Gasteiger partial charge < -0.3 is 0 Å². The Bertz CT molecular complexity index is 1110. The number of thioether (sulfide) groups is 1. The van der Waals surface area contributed by atoms with E-state index in [1.54, 1.807) is 16.8 Å². The molecule has 0 radical (unpaired) electrons. The fourth-order valence-corrected chi connectivity index (χ4v) is 3.80. The SMILES string of the molecule is CSc1ccc(C2=C(c3ccc(Cl)cc3)C=CN(Cc3ccc(F)cc3F)N2)cc1. The molecule has 0 saturated carbocycles. The first-order chi connectivity index (χ1) is 14.5. The van der Waals surface area contributed by atoms with Gasteiger partial charge in [0.1, 0.15) is 11.6 Å². The molecule has 1 aliphatic heterocycles. The molecule has 3 aromatic carbocycles. The number of hydrogen-bond donors (Lipinski definition) is 1. The van der Waals surface area contributed by atoms with Crippen molar-refractivity contribution in [2.45, 2.75) is 11.4 Å². The number of halogens is 3. The Morgan fingerprint density at radius 1 is 0.933 bits per heavy atom. The molecule has 0 aromatic heterocycles. The quantitative estimate of drug-likeness (QED) is 0.442. The molecule has 0 amide bonds. The lowest BCUT2D eigenvalue weighted by Crippen LogP contribution is -2.34. The Hall–Kier alpha value is -2.76. The molecule has 1 aliphatic rings. The highest BCUT2D eigenvalue weighted by Gasteiger charge is 2.18. The van der Waals surface area contributed by atoms with Crippen LogP contribution in [0.5, 0.6) is 0 Å². The van der Waals surface area contributed by atoms with Crippen LogP contribution >= 0.6 is 23.4 Å². The molecule has 0 saturated heterocycles. The number of hydrazine groups is 1. The molecule has 4 rings (SSSR count). The van der Waals surface area contributed by atoms with E-state index in [0.29, 0.717) is 10.6 Å². The minimum atomic E-state index is -0.585. The maximum Gasteiger partial charge on any atom is 0.131 e. The maximum atomic E-state index is 14.1. The normalized spacial score (nSPS) is 13.5. The highest BCUT2D eigenvalue weighted by Crippen LogP contribution is 2.31. The number of allylic oxidation sites excluding steroid dienone is 2. The first-order valence-electron chi connectivity index (χ1n) is 9.33. The second-order valence-corrected chi connectivity index (χ2v) is 8.13. The van der Waals surface area contributed by atoms with E-state index in [-0.39, 0.29) is 6.54 Å². The summed E-state index contributed by atoms with van der Waals surface area (Å²) in [6, 6.07) is 19.5. The summed E-state index contributed by atoms with van der Waals surface area (Å²) in [5, 5.41) is 2.46. The van der Waals surface area contributed by atoms with Gasteiger partial charge in [-0.15, -0.1) is 11.8 Å². The zero-order valence-corrected chi connectivity index (χ0v) is 17.8.